The average Bonchev–Trinajstić information content (AvgIpc) is 2.88. The van der Waals surface area contributed by atoms with Crippen molar-refractivity contribution in [1.82, 2.24) is 19.8 Å². The van der Waals surface area contributed by atoms with Gasteiger partial charge in [0.2, 0.25) is 11.8 Å². The van der Waals surface area contributed by atoms with E-state index in [0.29, 0.717) is 6.54 Å². The molecule has 0 aliphatic carbocycles. The molecule has 1 aromatic heterocycles. The Kier molecular flexibility index (Phi) is 3.76. The van der Waals surface area contributed by atoms with Gasteiger partial charge in [-0.05, 0) is 13.8 Å². The summed E-state index contributed by atoms with van der Waals surface area (Å²) in [5, 5.41) is 3.12. The summed E-state index contributed by atoms with van der Waals surface area (Å²) >= 11 is 0. The van der Waals surface area contributed by atoms with Crippen molar-refractivity contribution in [3.63, 3.8) is 0 Å². The Morgan fingerprint density at radius 2 is 2.28 bits per heavy atom. The number of nitrogens with zero attached hydrogens (tertiary/aromatic N) is 3. The van der Waals surface area contributed by atoms with Crippen molar-refractivity contribution >= 4 is 11.8 Å². The van der Waals surface area contributed by atoms with Crippen LogP contribution in [0, 0.1) is 0 Å². The number of aromatic nitrogens is 2. The first-order chi connectivity index (χ1) is 8.59. The number of rotatable bonds is 5. The highest BCUT2D eigenvalue weighted by molar-refractivity contribution is 6.05. The molecule has 0 aromatic carbocycles. The zero-order valence-electron chi connectivity index (χ0n) is 10.7. The Morgan fingerprint density at radius 1 is 1.50 bits per heavy atom. The van der Waals surface area contributed by atoms with Gasteiger partial charge in [-0.2, -0.15) is 0 Å². The van der Waals surface area contributed by atoms with E-state index in [4.69, 9.17) is 0 Å². The molecule has 98 valence electrons. The van der Waals surface area contributed by atoms with Crippen LogP contribution in [0.15, 0.2) is 18.7 Å². The monoisotopic (exact) mass is 250 g/mol. The predicted molar refractivity (Wildman–Crippen MR) is 65.6 cm³/mol. The fourth-order valence-electron chi connectivity index (χ4n) is 2.14. The second kappa shape index (κ2) is 5.30. The van der Waals surface area contributed by atoms with Crippen molar-refractivity contribution in [2.75, 3.05) is 6.54 Å². The molecule has 1 saturated heterocycles. The Morgan fingerprint density at radius 3 is 2.83 bits per heavy atom. The van der Waals surface area contributed by atoms with Gasteiger partial charge in [-0.25, -0.2) is 4.98 Å². The second-order valence-corrected chi connectivity index (χ2v) is 4.71. The van der Waals surface area contributed by atoms with Gasteiger partial charge in [0.25, 0.3) is 0 Å². The van der Waals surface area contributed by atoms with Crippen molar-refractivity contribution in [3.8, 4) is 0 Å². The number of nitrogens with one attached hydrogen (secondary N) is 1. The minimum Gasteiger partial charge on any atom is -0.336 e. The van der Waals surface area contributed by atoms with Gasteiger partial charge < -0.3 is 9.88 Å². The Bertz CT molecular complexity index is 427. The number of amides is 2. The Labute approximate surface area is 106 Å². The third kappa shape index (κ3) is 2.59. The molecule has 1 atom stereocenters. The Balaban J connectivity index is 1.84. The van der Waals surface area contributed by atoms with Crippen molar-refractivity contribution in [3.05, 3.63) is 18.7 Å². The highest BCUT2D eigenvalue weighted by Gasteiger charge is 2.39. The summed E-state index contributed by atoms with van der Waals surface area (Å²) in [6.45, 7) is 5.08. The molecule has 2 rings (SSSR count). The lowest BCUT2D eigenvalue weighted by molar-refractivity contribution is -0.140. The predicted octanol–water partition coefficient (Wildman–Crippen LogP) is 0.00860. The van der Waals surface area contributed by atoms with Crippen LogP contribution in [0.5, 0.6) is 0 Å². The SMILES string of the molecule is CC(C)N1C(=O)CC(NCCn2ccnc2)C1=O. The van der Waals surface area contributed by atoms with Gasteiger partial charge in [0.05, 0.1) is 18.8 Å². The molecule has 0 saturated carbocycles. The molecule has 1 aliphatic heterocycles. The minimum absolute atomic E-state index is 0.0644. The van der Waals surface area contributed by atoms with Crippen molar-refractivity contribution in [2.24, 2.45) is 0 Å². The van der Waals surface area contributed by atoms with E-state index in [1.165, 1.54) is 4.90 Å². The van der Waals surface area contributed by atoms with Gasteiger partial charge in [-0.3, -0.25) is 14.5 Å². The van der Waals surface area contributed by atoms with Crippen molar-refractivity contribution in [2.45, 2.75) is 38.9 Å². The molecular weight excluding hydrogens is 232 g/mol. The molecule has 6 nitrogen and oxygen atoms in total. The molecule has 1 N–H and O–H groups in total. The van der Waals surface area contributed by atoms with E-state index in [1.807, 2.05) is 24.6 Å². The summed E-state index contributed by atoms with van der Waals surface area (Å²) in [6, 6.07) is -0.436. The molecule has 1 unspecified atom stereocenters. The lowest BCUT2D eigenvalue weighted by Crippen LogP contribution is -2.42. The number of carbonyl (C=O) groups is 2. The van der Waals surface area contributed by atoms with Gasteiger partial charge in [0.1, 0.15) is 0 Å². The Hall–Kier alpha value is -1.69. The number of carbonyl (C=O) groups excluding carboxylic acids is 2. The van der Waals surface area contributed by atoms with E-state index in [9.17, 15) is 9.59 Å². The lowest BCUT2D eigenvalue weighted by atomic mass is 10.2. The van der Waals surface area contributed by atoms with Crippen LogP contribution < -0.4 is 5.32 Å². The molecule has 1 fully saturated rings. The van der Waals surface area contributed by atoms with Gasteiger partial charge in [0, 0.05) is 31.5 Å². The van der Waals surface area contributed by atoms with E-state index in [0.717, 1.165) is 6.54 Å². The average molecular weight is 250 g/mol. The van der Waals surface area contributed by atoms with E-state index in [1.54, 1.807) is 12.5 Å². The van der Waals surface area contributed by atoms with Crippen LogP contribution in [-0.2, 0) is 16.1 Å². The smallest absolute Gasteiger partial charge is 0.247 e. The van der Waals surface area contributed by atoms with Gasteiger partial charge in [0.15, 0.2) is 0 Å². The highest BCUT2D eigenvalue weighted by atomic mass is 16.2. The summed E-state index contributed by atoms with van der Waals surface area (Å²) < 4.78 is 1.93. The first kappa shape index (κ1) is 12.8. The van der Waals surface area contributed by atoms with E-state index in [-0.39, 0.29) is 30.3 Å². The molecule has 6 heteroatoms. The van der Waals surface area contributed by atoms with Crippen LogP contribution in [0.2, 0.25) is 0 Å². The van der Waals surface area contributed by atoms with Crippen LogP contribution in [0.1, 0.15) is 20.3 Å². The van der Waals surface area contributed by atoms with Crippen molar-refractivity contribution in [1.29, 1.82) is 0 Å². The summed E-state index contributed by atoms with van der Waals surface area (Å²) in [5.41, 5.74) is 0. The normalized spacial score (nSPS) is 20.2. The van der Waals surface area contributed by atoms with Crippen LogP contribution in [0.4, 0.5) is 0 Å². The molecular formula is C12H18N4O2. The third-order valence-corrected chi connectivity index (χ3v) is 3.02. The summed E-state index contributed by atoms with van der Waals surface area (Å²) in [5.74, 6) is -0.198. The maximum absolute atomic E-state index is 12.0. The fraction of sp³-hybridized carbons (Fsp3) is 0.583. The quantitative estimate of drug-likeness (QED) is 0.747. The summed E-state index contributed by atoms with van der Waals surface area (Å²) in [6.07, 6.45) is 5.57. The molecule has 1 aromatic rings. The number of imidazole rings is 1. The highest BCUT2D eigenvalue weighted by Crippen LogP contribution is 2.15. The number of likely N-dealkylation sites (tertiary alicyclic amines) is 1. The number of hydrogen-bond acceptors (Lipinski definition) is 4. The molecule has 1 aliphatic rings. The minimum atomic E-state index is -0.372. The van der Waals surface area contributed by atoms with Crippen LogP contribution in [0.25, 0.3) is 0 Å². The molecule has 2 heterocycles. The van der Waals surface area contributed by atoms with Crippen LogP contribution >= 0.6 is 0 Å². The van der Waals surface area contributed by atoms with E-state index in [2.05, 4.69) is 10.3 Å². The maximum atomic E-state index is 12.0. The lowest BCUT2D eigenvalue weighted by Gasteiger charge is -2.19. The standard InChI is InChI=1S/C12H18N4O2/c1-9(2)16-11(17)7-10(12(16)18)14-4-6-15-5-3-13-8-15/h3,5,8-10,14H,4,6-7H2,1-2H3. The van der Waals surface area contributed by atoms with E-state index >= 15 is 0 Å². The second-order valence-electron chi connectivity index (χ2n) is 4.71. The molecule has 0 radical (unpaired) electrons. The first-order valence-corrected chi connectivity index (χ1v) is 6.14. The molecule has 0 spiro atoms. The third-order valence-electron chi connectivity index (χ3n) is 3.02. The molecule has 0 bridgehead atoms. The molecule has 18 heavy (non-hydrogen) atoms. The zero-order chi connectivity index (χ0) is 13.1. The summed E-state index contributed by atoms with van der Waals surface area (Å²) in [7, 11) is 0. The topological polar surface area (TPSA) is 67.2 Å². The van der Waals surface area contributed by atoms with Crippen LogP contribution in [-0.4, -0.2) is 44.9 Å². The molecule has 2 amide bonds. The van der Waals surface area contributed by atoms with Gasteiger partial charge >= 0.3 is 0 Å². The maximum Gasteiger partial charge on any atom is 0.247 e. The van der Waals surface area contributed by atoms with Crippen LogP contribution in [0.3, 0.4) is 0 Å². The number of imide groups is 1. The van der Waals surface area contributed by atoms with E-state index < -0.39 is 0 Å². The summed E-state index contributed by atoms with van der Waals surface area (Å²) in [4.78, 5) is 28.9. The largest absolute Gasteiger partial charge is 0.336 e. The first-order valence-electron chi connectivity index (χ1n) is 6.14. The van der Waals surface area contributed by atoms with Gasteiger partial charge in [-0.1, -0.05) is 0 Å². The zero-order valence-corrected chi connectivity index (χ0v) is 10.7. The fourth-order valence-corrected chi connectivity index (χ4v) is 2.14. The number of hydrogen-bond donors (Lipinski definition) is 1. The van der Waals surface area contributed by atoms with Gasteiger partial charge in [-0.15, -0.1) is 0 Å². The van der Waals surface area contributed by atoms with Crippen molar-refractivity contribution < 1.29 is 9.59 Å².